The normalized spacial score (nSPS) is 27.8. The number of cyclic esters (lactones) is 1. The van der Waals surface area contributed by atoms with Gasteiger partial charge in [0.15, 0.2) is 6.10 Å². The summed E-state index contributed by atoms with van der Waals surface area (Å²) in [5, 5.41) is 10.8. The summed E-state index contributed by atoms with van der Waals surface area (Å²) < 4.78 is 30.4. The zero-order chi connectivity index (χ0) is 16.6. The molecule has 1 aromatic carbocycles. The molecule has 23 heavy (non-hydrogen) atoms. The molecule has 1 atom stereocenters. The minimum atomic E-state index is -1.48. The first-order chi connectivity index (χ1) is 11.0. The summed E-state index contributed by atoms with van der Waals surface area (Å²) in [7, 11) is -0.814. The van der Waals surface area contributed by atoms with Crippen LogP contribution < -0.4 is 10.0 Å². The van der Waals surface area contributed by atoms with E-state index >= 15 is 0 Å². The summed E-state index contributed by atoms with van der Waals surface area (Å²) >= 11 is 0. The van der Waals surface area contributed by atoms with Gasteiger partial charge in [-0.1, -0.05) is 6.07 Å². The molecule has 2 aliphatic rings. The first kappa shape index (κ1) is 15.9. The summed E-state index contributed by atoms with van der Waals surface area (Å²) in [5.41, 5.74) is 0.786. The highest BCUT2D eigenvalue weighted by Crippen LogP contribution is 2.32. The molecule has 0 spiro atoms. The van der Waals surface area contributed by atoms with E-state index in [0.717, 1.165) is 4.90 Å². The number of benzene rings is 1. The van der Waals surface area contributed by atoms with Gasteiger partial charge in [0, 0.05) is 22.3 Å². The summed E-state index contributed by atoms with van der Waals surface area (Å²) in [6.45, 7) is -0.206. The minimum absolute atomic E-state index is 0.0169. The number of carboxylic acids is 1. The largest absolute Gasteiger partial charge is 0.546 e. The Bertz CT molecular complexity index is 670. The van der Waals surface area contributed by atoms with Crippen LogP contribution in [0.1, 0.15) is 24.3 Å². The Hall–Kier alpha value is -1.96. The molecule has 6 nitrogen and oxygen atoms in total. The molecular formula is C15H15FNO5S-. The van der Waals surface area contributed by atoms with Crippen LogP contribution in [-0.2, 0) is 20.3 Å². The number of nitrogens with zero attached hydrogens (tertiary/aromatic N) is 1. The third-order valence-corrected chi connectivity index (χ3v) is 5.58. The maximum absolute atomic E-state index is 14.4. The van der Waals surface area contributed by atoms with Crippen molar-refractivity contribution in [3.63, 3.8) is 0 Å². The summed E-state index contributed by atoms with van der Waals surface area (Å²) in [6.07, 6.45) is -0.846. The van der Waals surface area contributed by atoms with Crippen molar-refractivity contribution in [2.45, 2.75) is 24.9 Å². The smallest absolute Gasteiger partial charge is 0.415 e. The minimum Gasteiger partial charge on any atom is -0.546 e. The van der Waals surface area contributed by atoms with E-state index in [4.69, 9.17) is 0 Å². The Kier molecular flexibility index (Phi) is 4.34. The molecule has 124 valence electrons. The van der Waals surface area contributed by atoms with Gasteiger partial charge in [-0.05, 0) is 36.5 Å². The molecule has 2 saturated heterocycles. The van der Waals surface area contributed by atoms with Crippen molar-refractivity contribution in [3.8, 4) is 0 Å². The van der Waals surface area contributed by atoms with E-state index in [0.29, 0.717) is 29.9 Å². The highest BCUT2D eigenvalue weighted by molar-refractivity contribution is 7.85. The van der Waals surface area contributed by atoms with Gasteiger partial charge in [-0.2, -0.15) is 0 Å². The molecule has 3 rings (SSSR count). The Morgan fingerprint density at radius 3 is 2.61 bits per heavy atom. The molecule has 0 saturated carbocycles. The Morgan fingerprint density at radius 2 is 2.04 bits per heavy atom. The molecule has 1 amide bonds. The van der Waals surface area contributed by atoms with Crippen LogP contribution in [0, 0.1) is 5.82 Å². The van der Waals surface area contributed by atoms with Crippen LogP contribution in [0.4, 0.5) is 14.9 Å². The number of carbonyl (C=O) groups is 2. The van der Waals surface area contributed by atoms with Crippen LogP contribution in [0.15, 0.2) is 18.2 Å². The molecule has 0 N–H and O–H groups in total. The van der Waals surface area contributed by atoms with E-state index in [1.54, 1.807) is 12.1 Å². The number of anilines is 1. The van der Waals surface area contributed by atoms with Gasteiger partial charge < -0.3 is 14.6 Å². The quantitative estimate of drug-likeness (QED) is 0.801. The second kappa shape index (κ2) is 6.27. The van der Waals surface area contributed by atoms with Crippen LogP contribution in [0.2, 0.25) is 0 Å². The SMILES string of the molecule is O=C([O-])C1CN(c2ccc(C3CCS(=O)CC3)c(F)c2)C(=O)O1. The highest BCUT2D eigenvalue weighted by Gasteiger charge is 2.33. The number of hydrogen-bond acceptors (Lipinski definition) is 5. The number of amides is 1. The van der Waals surface area contributed by atoms with Gasteiger partial charge in [0.05, 0.1) is 18.2 Å². The second-order valence-electron chi connectivity index (χ2n) is 5.63. The maximum Gasteiger partial charge on any atom is 0.415 e. The summed E-state index contributed by atoms with van der Waals surface area (Å²) in [5.74, 6) is -0.781. The predicted octanol–water partition coefficient (Wildman–Crippen LogP) is 0.527. The van der Waals surface area contributed by atoms with E-state index in [2.05, 4.69) is 4.74 Å². The van der Waals surface area contributed by atoms with Crippen molar-refractivity contribution < 1.29 is 28.0 Å². The van der Waals surface area contributed by atoms with Crippen LogP contribution in [0.25, 0.3) is 0 Å². The molecule has 0 aromatic heterocycles. The fourth-order valence-corrected chi connectivity index (χ4v) is 4.22. The lowest BCUT2D eigenvalue weighted by molar-refractivity contribution is -0.313. The lowest BCUT2D eigenvalue weighted by Gasteiger charge is -2.23. The summed E-state index contributed by atoms with van der Waals surface area (Å²) in [6, 6.07) is 4.38. The van der Waals surface area contributed by atoms with E-state index in [1.165, 1.54) is 6.07 Å². The van der Waals surface area contributed by atoms with E-state index in [-0.39, 0.29) is 18.2 Å². The van der Waals surface area contributed by atoms with E-state index in [9.17, 15) is 23.3 Å². The van der Waals surface area contributed by atoms with Gasteiger partial charge in [-0.3, -0.25) is 9.11 Å². The number of carboxylic acid groups (broad SMARTS) is 1. The molecule has 2 heterocycles. The maximum atomic E-state index is 14.4. The van der Waals surface area contributed by atoms with Crippen LogP contribution >= 0.6 is 0 Å². The average Bonchev–Trinajstić information content (AvgIpc) is 2.90. The standard InChI is InChI=1S/C15H16FNO5S/c16-12-7-10(17-8-13(14(18)19)22-15(17)20)1-2-11(12)9-3-5-23(21)6-4-9/h1-2,7,9,13H,3-6,8H2,(H,18,19)/p-1. The van der Waals surface area contributed by atoms with Gasteiger partial charge in [-0.15, -0.1) is 0 Å². The third kappa shape index (κ3) is 3.21. The van der Waals surface area contributed by atoms with Crippen molar-refractivity contribution in [3.05, 3.63) is 29.6 Å². The van der Waals surface area contributed by atoms with Crippen LogP contribution in [0.5, 0.6) is 0 Å². The van der Waals surface area contributed by atoms with Gasteiger partial charge in [0.25, 0.3) is 0 Å². The molecule has 1 unspecified atom stereocenters. The molecule has 0 radical (unpaired) electrons. The lowest BCUT2D eigenvalue weighted by atomic mass is 9.93. The first-order valence-corrected chi connectivity index (χ1v) is 8.78. The fraction of sp³-hybridized carbons (Fsp3) is 0.467. The monoisotopic (exact) mass is 340 g/mol. The Morgan fingerprint density at radius 1 is 1.35 bits per heavy atom. The Labute approximate surface area is 134 Å². The molecule has 2 aliphatic heterocycles. The molecular weight excluding hydrogens is 325 g/mol. The van der Waals surface area contributed by atoms with E-state index in [1.807, 2.05) is 0 Å². The number of halogens is 1. The van der Waals surface area contributed by atoms with Gasteiger partial charge in [0.2, 0.25) is 0 Å². The number of rotatable bonds is 3. The average molecular weight is 340 g/mol. The molecule has 2 fully saturated rings. The molecule has 1 aromatic rings. The van der Waals surface area contributed by atoms with Gasteiger partial charge in [0.1, 0.15) is 5.82 Å². The van der Waals surface area contributed by atoms with Crippen molar-refractivity contribution in [2.75, 3.05) is 23.0 Å². The number of carbonyl (C=O) groups excluding carboxylic acids is 2. The van der Waals surface area contributed by atoms with Crippen molar-refractivity contribution in [2.24, 2.45) is 0 Å². The predicted molar refractivity (Wildman–Crippen MR) is 78.9 cm³/mol. The van der Waals surface area contributed by atoms with E-state index < -0.39 is 34.8 Å². The first-order valence-electron chi connectivity index (χ1n) is 7.29. The zero-order valence-electron chi connectivity index (χ0n) is 12.2. The van der Waals surface area contributed by atoms with Gasteiger partial charge in [-0.25, -0.2) is 9.18 Å². The fourth-order valence-electron chi connectivity index (χ4n) is 2.92. The van der Waals surface area contributed by atoms with Crippen LogP contribution in [0.3, 0.4) is 0 Å². The number of aliphatic carboxylic acids is 1. The number of hydrogen-bond donors (Lipinski definition) is 0. The second-order valence-corrected chi connectivity index (χ2v) is 7.33. The third-order valence-electron chi connectivity index (χ3n) is 4.20. The topological polar surface area (TPSA) is 86.7 Å². The lowest BCUT2D eigenvalue weighted by Crippen LogP contribution is -2.38. The Balaban J connectivity index is 1.78. The van der Waals surface area contributed by atoms with Crippen molar-refractivity contribution in [1.82, 2.24) is 0 Å². The highest BCUT2D eigenvalue weighted by atomic mass is 32.2. The zero-order valence-corrected chi connectivity index (χ0v) is 13.0. The molecule has 0 aliphatic carbocycles. The van der Waals surface area contributed by atoms with Gasteiger partial charge >= 0.3 is 6.09 Å². The van der Waals surface area contributed by atoms with Crippen LogP contribution in [-0.4, -0.2) is 40.4 Å². The summed E-state index contributed by atoms with van der Waals surface area (Å²) in [4.78, 5) is 23.5. The number of ether oxygens (including phenoxy) is 1. The molecule has 8 heteroatoms. The molecule has 0 bridgehead atoms. The van der Waals surface area contributed by atoms with Crippen molar-refractivity contribution in [1.29, 1.82) is 0 Å². The van der Waals surface area contributed by atoms with Crippen molar-refractivity contribution >= 4 is 28.5 Å².